The van der Waals surface area contributed by atoms with Crippen LogP contribution in [0.1, 0.15) is 20.8 Å². The Kier molecular flexibility index (Phi) is 4.76. The zero-order valence-corrected chi connectivity index (χ0v) is 13.2. The molecule has 2 N–H and O–H groups in total. The summed E-state index contributed by atoms with van der Waals surface area (Å²) in [5.41, 5.74) is 1.17. The van der Waals surface area contributed by atoms with Crippen LogP contribution in [0.5, 0.6) is 0 Å². The van der Waals surface area contributed by atoms with Gasteiger partial charge in [-0.1, -0.05) is 26.8 Å². The number of carbonyl (C=O) groups excluding carboxylic acids is 1. The molecule has 0 fully saturated rings. The van der Waals surface area contributed by atoms with E-state index in [1.807, 2.05) is 10.3 Å². The van der Waals surface area contributed by atoms with Crippen LogP contribution < -0.4 is 10.3 Å². The third-order valence-corrected chi connectivity index (χ3v) is 4.44. The van der Waals surface area contributed by atoms with Crippen molar-refractivity contribution in [2.24, 2.45) is 5.41 Å². The summed E-state index contributed by atoms with van der Waals surface area (Å²) < 4.78 is 58.2. The van der Waals surface area contributed by atoms with Gasteiger partial charge in [0, 0.05) is 5.41 Å². The molecule has 0 atom stereocenters. The average Bonchev–Trinajstić information content (AvgIpc) is 2.34. The molecule has 1 rings (SSSR count). The Morgan fingerprint density at radius 3 is 2.10 bits per heavy atom. The second kappa shape index (κ2) is 5.70. The predicted octanol–water partition coefficient (Wildman–Crippen LogP) is 0.700. The summed E-state index contributed by atoms with van der Waals surface area (Å²) in [4.78, 5) is 12.1. The summed E-state index contributed by atoms with van der Waals surface area (Å²) in [6.07, 6.45) is 0. The van der Waals surface area contributed by atoms with E-state index in [-0.39, 0.29) is 0 Å². The number of halogens is 1. The van der Waals surface area contributed by atoms with Crippen LogP contribution in [0.25, 0.3) is 0 Å². The van der Waals surface area contributed by atoms with E-state index in [4.69, 9.17) is 0 Å². The molecule has 0 saturated carbocycles. The Labute approximate surface area is 122 Å². The molecule has 1 aromatic carbocycles. The lowest BCUT2D eigenvalue weighted by molar-refractivity contribution is -0.129. The fourth-order valence-corrected chi connectivity index (χ4v) is 2.62. The van der Waals surface area contributed by atoms with Crippen LogP contribution in [-0.4, -0.2) is 22.7 Å². The summed E-state index contributed by atoms with van der Waals surface area (Å²) in [6, 6.07) is 3.72. The Balaban J connectivity index is 3.02. The van der Waals surface area contributed by atoms with Gasteiger partial charge in [-0.15, -0.1) is 8.72 Å². The third kappa shape index (κ3) is 4.76. The van der Waals surface area contributed by atoms with E-state index in [1.165, 1.54) is 0 Å². The van der Waals surface area contributed by atoms with E-state index in [2.05, 4.69) is 0 Å². The highest BCUT2D eigenvalue weighted by atomic mass is 32.3. The van der Waals surface area contributed by atoms with Crippen molar-refractivity contribution in [1.82, 2.24) is 10.3 Å². The highest BCUT2D eigenvalue weighted by Gasteiger charge is 2.24. The first-order chi connectivity index (χ1) is 9.34. The van der Waals surface area contributed by atoms with Crippen molar-refractivity contribution in [3.63, 3.8) is 0 Å². The van der Waals surface area contributed by atoms with E-state index in [9.17, 15) is 25.5 Å². The summed E-state index contributed by atoms with van der Waals surface area (Å²) in [5.74, 6) is -0.583. The number of hydrogen-bond donors (Lipinski definition) is 2. The third-order valence-electron chi connectivity index (χ3n) is 2.38. The van der Waals surface area contributed by atoms with E-state index in [1.54, 1.807) is 20.8 Å². The Hall–Kier alpha value is -1.52. The number of amides is 1. The number of hydrogen-bond acceptors (Lipinski definition) is 5. The topological polar surface area (TPSA) is 109 Å². The van der Waals surface area contributed by atoms with Gasteiger partial charge in [-0.2, -0.15) is 8.42 Å². The lowest BCUT2D eigenvalue weighted by Gasteiger charge is -2.18. The summed E-state index contributed by atoms with van der Waals surface area (Å²) >= 11 is 0. The van der Waals surface area contributed by atoms with Crippen molar-refractivity contribution in [3.8, 4) is 0 Å². The Morgan fingerprint density at radius 2 is 1.62 bits per heavy atom. The molecule has 0 aromatic heterocycles. The molecule has 0 aliphatic rings. The molecule has 0 spiro atoms. The molecule has 1 amide bonds. The minimum atomic E-state index is -5.02. The van der Waals surface area contributed by atoms with Gasteiger partial charge in [0.2, 0.25) is 5.91 Å². The first-order valence-electron chi connectivity index (χ1n) is 5.71. The molecule has 118 valence electrons. The minimum Gasteiger partial charge on any atom is -0.277 e. The lowest BCUT2D eigenvalue weighted by atomic mass is 9.96. The quantitative estimate of drug-likeness (QED) is 0.620. The summed E-state index contributed by atoms with van der Waals surface area (Å²) in [5, 5.41) is 0. The standard InChI is InChI=1S/C11H15FN2O5S2/c1-11(2,3)10(15)13-14-21(18,19)9-6-4-5-8(7-9)20(12,16)17/h4-7,14H,1-3H3,(H,13,15). The van der Waals surface area contributed by atoms with Gasteiger partial charge in [-0.05, 0) is 18.2 Å². The van der Waals surface area contributed by atoms with Crippen molar-refractivity contribution in [1.29, 1.82) is 0 Å². The second-order valence-electron chi connectivity index (χ2n) is 5.22. The van der Waals surface area contributed by atoms with Gasteiger partial charge < -0.3 is 0 Å². The molecule has 21 heavy (non-hydrogen) atoms. The van der Waals surface area contributed by atoms with Gasteiger partial charge >= 0.3 is 10.2 Å². The minimum absolute atomic E-state index is 0.490. The highest BCUT2D eigenvalue weighted by molar-refractivity contribution is 7.89. The van der Waals surface area contributed by atoms with Gasteiger partial charge in [-0.25, -0.2) is 8.42 Å². The maximum Gasteiger partial charge on any atom is 0.332 e. The van der Waals surface area contributed by atoms with Crippen molar-refractivity contribution >= 4 is 26.2 Å². The molecule has 0 heterocycles. The zero-order valence-electron chi connectivity index (χ0n) is 11.5. The molecule has 1 aromatic rings. The predicted molar refractivity (Wildman–Crippen MR) is 72.7 cm³/mol. The molecule has 0 saturated heterocycles. The first kappa shape index (κ1) is 17.5. The smallest absolute Gasteiger partial charge is 0.277 e. The molecule has 0 unspecified atom stereocenters. The molecule has 0 bridgehead atoms. The number of sulfonamides is 1. The van der Waals surface area contributed by atoms with Gasteiger partial charge in [0.1, 0.15) is 0 Å². The van der Waals surface area contributed by atoms with Crippen LogP contribution in [0.4, 0.5) is 3.89 Å². The molecular formula is C11H15FN2O5S2. The van der Waals surface area contributed by atoms with Gasteiger partial charge in [0.15, 0.2) is 0 Å². The lowest BCUT2D eigenvalue weighted by Crippen LogP contribution is -2.46. The molecule has 0 radical (unpaired) electrons. The van der Waals surface area contributed by atoms with Crippen LogP contribution in [-0.2, 0) is 25.0 Å². The van der Waals surface area contributed by atoms with Crippen molar-refractivity contribution in [2.75, 3.05) is 0 Å². The number of hydrazine groups is 1. The van der Waals surface area contributed by atoms with Crippen molar-refractivity contribution in [3.05, 3.63) is 24.3 Å². The molecule has 10 heteroatoms. The van der Waals surface area contributed by atoms with Crippen molar-refractivity contribution in [2.45, 2.75) is 30.6 Å². The van der Waals surface area contributed by atoms with Crippen LogP contribution in [0.15, 0.2) is 34.1 Å². The molecular weight excluding hydrogens is 323 g/mol. The fourth-order valence-electron chi connectivity index (χ4n) is 1.15. The number of rotatable bonds is 4. The monoisotopic (exact) mass is 338 g/mol. The maximum atomic E-state index is 12.8. The molecule has 0 aliphatic carbocycles. The zero-order chi connectivity index (χ0) is 16.5. The van der Waals surface area contributed by atoms with Crippen LogP contribution >= 0.6 is 0 Å². The van der Waals surface area contributed by atoms with E-state index < -0.39 is 41.4 Å². The maximum absolute atomic E-state index is 12.8. The van der Waals surface area contributed by atoms with E-state index in [0.29, 0.717) is 6.07 Å². The number of benzene rings is 1. The van der Waals surface area contributed by atoms with Crippen LogP contribution in [0, 0.1) is 5.41 Å². The van der Waals surface area contributed by atoms with Gasteiger partial charge in [0.05, 0.1) is 9.79 Å². The van der Waals surface area contributed by atoms with Gasteiger partial charge in [-0.3, -0.25) is 10.2 Å². The summed E-state index contributed by atoms with van der Waals surface area (Å²) in [7, 11) is -9.23. The van der Waals surface area contributed by atoms with E-state index in [0.717, 1.165) is 18.2 Å². The number of carbonyl (C=O) groups is 1. The number of nitrogens with one attached hydrogen (secondary N) is 2. The highest BCUT2D eigenvalue weighted by Crippen LogP contribution is 2.17. The second-order valence-corrected chi connectivity index (χ2v) is 8.25. The Morgan fingerprint density at radius 1 is 1.10 bits per heavy atom. The van der Waals surface area contributed by atoms with E-state index >= 15 is 0 Å². The van der Waals surface area contributed by atoms with Crippen LogP contribution in [0.2, 0.25) is 0 Å². The van der Waals surface area contributed by atoms with Crippen LogP contribution in [0.3, 0.4) is 0 Å². The van der Waals surface area contributed by atoms with Gasteiger partial charge in [0.25, 0.3) is 10.0 Å². The fraction of sp³-hybridized carbons (Fsp3) is 0.364. The first-order valence-corrected chi connectivity index (χ1v) is 8.58. The Bertz CT molecular complexity index is 751. The average molecular weight is 338 g/mol. The van der Waals surface area contributed by atoms with Crippen molar-refractivity contribution < 1.29 is 25.5 Å². The summed E-state index contributed by atoms with van der Waals surface area (Å²) in [6.45, 7) is 4.73. The normalized spacial score (nSPS) is 13.0. The SMILES string of the molecule is CC(C)(C)C(=O)NNS(=O)(=O)c1cccc(S(=O)(=O)F)c1. The largest absolute Gasteiger partial charge is 0.332 e. The molecule has 0 aliphatic heterocycles. The molecule has 7 nitrogen and oxygen atoms in total.